The standard InChI is InChI=1S/C23H26ClN3O3/c24-17-7-6-8-18(15-17)25-22(28)11-14-27-16-21(23(29)26-12-4-1-5-13-26)30-20-10-3-2-9-19(20)27/h2-3,6-10,15,21H,1,4-5,11-14,16H2,(H,25,28). The summed E-state index contributed by atoms with van der Waals surface area (Å²) in [7, 11) is 0. The van der Waals surface area contributed by atoms with Gasteiger partial charge >= 0.3 is 0 Å². The van der Waals surface area contributed by atoms with Gasteiger partial charge in [0.15, 0.2) is 6.10 Å². The van der Waals surface area contributed by atoms with Crippen LogP contribution in [0, 0.1) is 0 Å². The molecule has 4 rings (SSSR count). The number of carbonyl (C=O) groups is 2. The van der Waals surface area contributed by atoms with Gasteiger partial charge < -0.3 is 19.9 Å². The SMILES string of the molecule is O=C(CCN1CC(C(=O)N2CCCCC2)Oc2ccccc21)Nc1cccc(Cl)c1. The van der Waals surface area contributed by atoms with Crippen molar-refractivity contribution >= 4 is 34.8 Å². The van der Waals surface area contributed by atoms with Crippen molar-refractivity contribution in [1.29, 1.82) is 0 Å². The summed E-state index contributed by atoms with van der Waals surface area (Å²) in [6.45, 7) is 2.53. The van der Waals surface area contributed by atoms with Gasteiger partial charge in [-0.05, 0) is 49.6 Å². The zero-order chi connectivity index (χ0) is 20.9. The molecule has 0 aliphatic carbocycles. The fraction of sp³-hybridized carbons (Fsp3) is 0.391. The lowest BCUT2D eigenvalue weighted by Gasteiger charge is -2.38. The summed E-state index contributed by atoms with van der Waals surface area (Å²) >= 11 is 5.98. The molecule has 6 nitrogen and oxygen atoms in total. The van der Waals surface area contributed by atoms with E-state index in [2.05, 4.69) is 10.2 Å². The maximum atomic E-state index is 13.0. The van der Waals surface area contributed by atoms with Gasteiger partial charge in [-0.3, -0.25) is 9.59 Å². The Balaban J connectivity index is 1.42. The van der Waals surface area contributed by atoms with Gasteiger partial charge in [0, 0.05) is 36.8 Å². The summed E-state index contributed by atoms with van der Waals surface area (Å²) in [4.78, 5) is 29.4. The first kappa shape index (κ1) is 20.5. The van der Waals surface area contributed by atoms with Crippen molar-refractivity contribution in [3.63, 3.8) is 0 Å². The van der Waals surface area contributed by atoms with Crippen molar-refractivity contribution in [2.45, 2.75) is 31.8 Å². The van der Waals surface area contributed by atoms with E-state index in [0.29, 0.717) is 36.0 Å². The van der Waals surface area contributed by atoms with E-state index in [1.807, 2.05) is 29.2 Å². The highest BCUT2D eigenvalue weighted by Gasteiger charge is 2.33. The van der Waals surface area contributed by atoms with E-state index in [0.717, 1.165) is 31.6 Å². The van der Waals surface area contributed by atoms with Gasteiger partial charge in [-0.25, -0.2) is 0 Å². The molecule has 7 heteroatoms. The Kier molecular flexibility index (Phi) is 6.43. The minimum atomic E-state index is -0.547. The van der Waals surface area contributed by atoms with Crippen LogP contribution in [-0.2, 0) is 9.59 Å². The maximum Gasteiger partial charge on any atom is 0.265 e. The molecule has 2 amide bonds. The Morgan fingerprint density at radius 1 is 1.07 bits per heavy atom. The number of carbonyl (C=O) groups excluding carboxylic acids is 2. The number of rotatable bonds is 5. The van der Waals surface area contributed by atoms with E-state index >= 15 is 0 Å². The molecule has 30 heavy (non-hydrogen) atoms. The number of anilines is 2. The quantitative estimate of drug-likeness (QED) is 0.784. The normalized spacial score (nSPS) is 18.4. The van der Waals surface area contributed by atoms with E-state index in [1.54, 1.807) is 24.3 Å². The number of amides is 2. The monoisotopic (exact) mass is 427 g/mol. The van der Waals surface area contributed by atoms with Gasteiger partial charge in [0.25, 0.3) is 5.91 Å². The molecule has 0 radical (unpaired) electrons. The number of fused-ring (bicyclic) bond motifs is 1. The van der Waals surface area contributed by atoms with Crippen molar-refractivity contribution < 1.29 is 14.3 Å². The second-order valence-electron chi connectivity index (χ2n) is 7.71. The maximum absolute atomic E-state index is 13.0. The number of hydrogen-bond acceptors (Lipinski definition) is 4. The second kappa shape index (κ2) is 9.39. The van der Waals surface area contributed by atoms with Gasteiger partial charge in [0.1, 0.15) is 5.75 Å². The molecule has 1 unspecified atom stereocenters. The molecular formula is C23H26ClN3O3. The van der Waals surface area contributed by atoms with Crippen molar-refractivity contribution in [1.82, 2.24) is 4.90 Å². The smallest absolute Gasteiger partial charge is 0.265 e. The third-order valence-electron chi connectivity index (χ3n) is 5.52. The molecule has 2 aromatic carbocycles. The number of likely N-dealkylation sites (tertiary alicyclic amines) is 1. The summed E-state index contributed by atoms with van der Waals surface area (Å²) in [6.07, 6.45) is 3.01. The minimum absolute atomic E-state index is 0.0394. The number of halogens is 1. The van der Waals surface area contributed by atoms with Crippen molar-refractivity contribution in [3.8, 4) is 5.75 Å². The number of hydrogen-bond donors (Lipinski definition) is 1. The van der Waals surface area contributed by atoms with Crippen LogP contribution >= 0.6 is 11.6 Å². The molecule has 2 aromatic rings. The number of benzene rings is 2. The van der Waals surface area contributed by atoms with Gasteiger partial charge in [-0.15, -0.1) is 0 Å². The third kappa shape index (κ3) is 4.87. The van der Waals surface area contributed by atoms with Crippen LogP contribution in [0.5, 0.6) is 5.75 Å². The molecule has 0 saturated carbocycles. The van der Waals surface area contributed by atoms with Gasteiger partial charge in [0.2, 0.25) is 5.91 Å². The number of nitrogens with one attached hydrogen (secondary N) is 1. The molecule has 0 spiro atoms. The molecule has 2 aliphatic heterocycles. The Morgan fingerprint density at radius 3 is 2.67 bits per heavy atom. The van der Waals surface area contributed by atoms with Crippen LogP contribution in [0.15, 0.2) is 48.5 Å². The van der Waals surface area contributed by atoms with E-state index in [4.69, 9.17) is 16.3 Å². The Hall–Kier alpha value is -2.73. The fourth-order valence-corrected chi connectivity index (χ4v) is 4.18. The number of piperidine rings is 1. The number of ether oxygens (including phenoxy) is 1. The molecule has 2 aliphatic rings. The van der Waals surface area contributed by atoms with Gasteiger partial charge in [0.05, 0.1) is 12.2 Å². The molecule has 158 valence electrons. The first-order valence-electron chi connectivity index (χ1n) is 10.4. The zero-order valence-corrected chi connectivity index (χ0v) is 17.6. The lowest BCUT2D eigenvalue weighted by atomic mass is 10.1. The lowest BCUT2D eigenvalue weighted by molar-refractivity contribution is -0.139. The van der Waals surface area contributed by atoms with E-state index in [9.17, 15) is 9.59 Å². The van der Waals surface area contributed by atoms with Crippen LogP contribution in [0.1, 0.15) is 25.7 Å². The predicted molar refractivity (Wildman–Crippen MR) is 118 cm³/mol. The number of para-hydroxylation sites is 2. The molecule has 1 N–H and O–H groups in total. The summed E-state index contributed by atoms with van der Waals surface area (Å²) in [5, 5.41) is 3.45. The van der Waals surface area contributed by atoms with Crippen LogP contribution in [-0.4, -0.2) is 49.0 Å². The molecule has 0 bridgehead atoms. The van der Waals surface area contributed by atoms with Crippen molar-refractivity contribution in [2.24, 2.45) is 0 Å². The largest absolute Gasteiger partial charge is 0.477 e. The molecule has 1 atom stereocenters. The summed E-state index contributed by atoms with van der Waals surface area (Å²) < 4.78 is 6.04. The van der Waals surface area contributed by atoms with Crippen LogP contribution in [0.25, 0.3) is 0 Å². The highest BCUT2D eigenvalue weighted by atomic mass is 35.5. The summed E-state index contributed by atoms with van der Waals surface area (Å²) in [5.41, 5.74) is 1.59. The molecule has 1 saturated heterocycles. The number of nitrogens with zero attached hydrogens (tertiary/aromatic N) is 2. The van der Waals surface area contributed by atoms with Gasteiger partial charge in [-0.2, -0.15) is 0 Å². The molecule has 2 heterocycles. The Labute approximate surface area is 181 Å². The van der Waals surface area contributed by atoms with Gasteiger partial charge in [-0.1, -0.05) is 29.8 Å². The topological polar surface area (TPSA) is 61.9 Å². The lowest BCUT2D eigenvalue weighted by Crippen LogP contribution is -2.51. The van der Waals surface area contributed by atoms with Crippen LogP contribution in [0.3, 0.4) is 0 Å². The third-order valence-corrected chi connectivity index (χ3v) is 5.76. The van der Waals surface area contributed by atoms with Crippen molar-refractivity contribution in [2.75, 3.05) is 36.4 Å². The first-order chi connectivity index (χ1) is 14.6. The van der Waals surface area contributed by atoms with Crippen LogP contribution < -0.4 is 15.0 Å². The Morgan fingerprint density at radius 2 is 1.87 bits per heavy atom. The van der Waals surface area contributed by atoms with Crippen molar-refractivity contribution in [3.05, 3.63) is 53.6 Å². The van der Waals surface area contributed by atoms with Crippen LogP contribution in [0.2, 0.25) is 5.02 Å². The fourth-order valence-electron chi connectivity index (χ4n) is 3.99. The molecule has 1 fully saturated rings. The first-order valence-corrected chi connectivity index (χ1v) is 10.8. The van der Waals surface area contributed by atoms with Crippen LogP contribution in [0.4, 0.5) is 11.4 Å². The average Bonchev–Trinajstić information content (AvgIpc) is 2.77. The highest BCUT2D eigenvalue weighted by Crippen LogP contribution is 2.33. The Bertz CT molecular complexity index is 914. The molecule has 0 aromatic heterocycles. The predicted octanol–water partition coefficient (Wildman–Crippen LogP) is 3.95. The average molecular weight is 428 g/mol. The van der Waals surface area contributed by atoms with E-state index in [-0.39, 0.29) is 11.8 Å². The van der Waals surface area contributed by atoms with E-state index in [1.165, 1.54) is 6.42 Å². The summed E-state index contributed by atoms with van der Waals surface area (Å²) in [6, 6.07) is 14.8. The summed E-state index contributed by atoms with van der Waals surface area (Å²) in [5.74, 6) is 0.632. The minimum Gasteiger partial charge on any atom is -0.477 e. The van der Waals surface area contributed by atoms with E-state index < -0.39 is 6.10 Å². The molecular weight excluding hydrogens is 402 g/mol. The second-order valence-corrected chi connectivity index (χ2v) is 8.15. The highest BCUT2D eigenvalue weighted by molar-refractivity contribution is 6.30. The zero-order valence-electron chi connectivity index (χ0n) is 16.9.